The molecule has 1 aromatic heterocycles. The molecule has 3 rings (SSSR count). The highest BCUT2D eigenvalue weighted by Gasteiger charge is 2.38. The number of nitrogens with zero attached hydrogens (tertiary/aromatic N) is 3. The van der Waals surface area contributed by atoms with Gasteiger partial charge in [0.1, 0.15) is 12.2 Å². The Morgan fingerprint density at radius 2 is 2.25 bits per heavy atom. The second-order valence-electron chi connectivity index (χ2n) is 5.61. The van der Waals surface area contributed by atoms with E-state index in [1.807, 2.05) is 17.7 Å². The van der Waals surface area contributed by atoms with Crippen molar-refractivity contribution in [3.63, 3.8) is 0 Å². The molecule has 1 heterocycles. The van der Waals surface area contributed by atoms with Crippen LogP contribution < -0.4 is 0 Å². The van der Waals surface area contributed by atoms with Crippen LogP contribution in [0, 0.1) is 11.8 Å². The minimum absolute atomic E-state index is 0.253. The summed E-state index contributed by atoms with van der Waals surface area (Å²) in [4.78, 5) is 0. The third-order valence-electron chi connectivity index (χ3n) is 4.23. The Hall–Kier alpha value is -1.20. The molecule has 0 radical (unpaired) electrons. The van der Waals surface area contributed by atoms with Crippen LogP contribution >= 0.6 is 15.9 Å². The van der Waals surface area contributed by atoms with Crippen molar-refractivity contribution in [1.82, 2.24) is 14.8 Å². The van der Waals surface area contributed by atoms with E-state index < -0.39 is 0 Å². The fourth-order valence-corrected chi connectivity index (χ4v) is 3.53. The maximum atomic E-state index is 9.24. The lowest BCUT2D eigenvalue weighted by Crippen LogP contribution is -2.32. The van der Waals surface area contributed by atoms with Gasteiger partial charge in [-0.05, 0) is 42.4 Å². The van der Waals surface area contributed by atoms with E-state index in [0.717, 1.165) is 23.1 Å². The van der Waals surface area contributed by atoms with Gasteiger partial charge in [0.2, 0.25) is 0 Å². The first-order chi connectivity index (χ1) is 9.69. The Bertz CT molecular complexity index is 592. The lowest BCUT2D eigenvalue weighted by Gasteiger charge is -2.39. The number of rotatable bonds is 4. The standard InChI is InChI=1S/C15H18BrN3O/c1-19-9-17-18-15(19)14(12-5-10(6-12)8-20)11-3-2-4-13(16)7-11/h2-4,7,9-10,12,14,20H,5-6,8H2,1H3. The van der Waals surface area contributed by atoms with Crippen LogP contribution in [0.25, 0.3) is 0 Å². The number of halogens is 1. The Kier molecular flexibility index (Phi) is 3.89. The first-order valence-electron chi connectivity index (χ1n) is 6.89. The average molecular weight is 336 g/mol. The molecule has 0 aliphatic heterocycles. The minimum Gasteiger partial charge on any atom is -0.396 e. The zero-order valence-corrected chi connectivity index (χ0v) is 13.0. The van der Waals surface area contributed by atoms with Gasteiger partial charge in [0.15, 0.2) is 0 Å². The van der Waals surface area contributed by atoms with Gasteiger partial charge in [-0.3, -0.25) is 0 Å². The molecule has 0 amide bonds. The van der Waals surface area contributed by atoms with Gasteiger partial charge in [-0.15, -0.1) is 10.2 Å². The monoisotopic (exact) mass is 335 g/mol. The number of hydrogen-bond acceptors (Lipinski definition) is 3. The molecule has 1 aliphatic carbocycles. The van der Waals surface area contributed by atoms with Gasteiger partial charge in [-0.2, -0.15) is 0 Å². The summed E-state index contributed by atoms with van der Waals surface area (Å²) in [6.45, 7) is 0.292. The Morgan fingerprint density at radius 1 is 1.45 bits per heavy atom. The van der Waals surface area contributed by atoms with Crippen LogP contribution in [-0.4, -0.2) is 26.5 Å². The van der Waals surface area contributed by atoms with E-state index in [1.165, 1.54) is 5.56 Å². The summed E-state index contributed by atoms with van der Waals surface area (Å²) >= 11 is 3.54. The van der Waals surface area contributed by atoms with Crippen molar-refractivity contribution in [1.29, 1.82) is 0 Å². The molecule has 1 fully saturated rings. The Morgan fingerprint density at radius 3 is 2.85 bits per heavy atom. The summed E-state index contributed by atoms with van der Waals surface area (Å²) in [6.07, 6.45) is 3.86. The third-order valence-corrected chi connectivity index (χ3v) is 4.73. The highest BCUT2D eigenvalue weighted by Crippen LogP contribution is 2.45. The van der Waals surface area contributed by atoms with Gasteiger partial charge in [0, 0.05) is 24.0 Å². The number of aromatic nitrogens is 3. The van der Waals surface area contributed by atoms with Crippen molar-refractivity contribution in [3.8, 4) is 0 Å². The fourth-order valence-electron chi connectivity index (χ4n) is 3.11. The van der Waals surface area contributed by atoms with Crippen molar-refractivity contribution in [3.05, 3.63) is 46.5 Å². The highest BCUT2D eigenvalue weighted by atomic mass is 79.9. The van der Waals surface area contributed by atoms with Crippen LogP contribution in [0.3, 0.4) is 0 Å². The average Bonchev–Trinajstić information content (AvgIpc) is 2.79. The van der Waals surface area contributed by atoms with Crippen molar-refractivity contribution in [2.75, 3.05) is 6.61 Å². The topological polar surface area (TPSA) is 50.9 Å². The fraction of sp³-hybridized carbons (Fsp3) is 0.467. The molecule has 1 saturated carbocycles. The molecule has 1 atom stereocenters. The molecule has 2 aromatic rings. The number of benzene rings is 1. The molecule has 0 spiro atoms. The largest absolute Gasteiger partial charge is 0.396 e. The summed E-state index contributed by atoms with van der Waals surface area (Å²) in [5, 5.41) is 17.6. The molecular formula is C15H18BrN3O. The smallest absolute Gasteiger partial charge is 0.140 e. The van der Waals surface area contributed by atoms with Crippen LogP contribution in [0.1, 0.15) is 30.1 Å². The van der Waals surface area contributed by atoms with E-state index in [-0.39, 0.29) is 5.92 Å². The van der Waals surface area contributed by atoms with Gasteiger partial charge in [0.05, 0.1) is 0 Å². The zero-order chi connectivity index (χ0) is 14.1. The van der Waals surface area contributed by atoms with Crippen LogP contribution in [0.5, 0.6) is 0 Å². The molecule has 1 unspecified atom stereocenters. The van der Waals surface area contributed by atoms with E-state index in [0.29, 0.717) is 18.4 Å². The van der Waals surface area contributed by atoms with Crippen molar-refractivity contribution in [2.24, 2.45) is 18.9 Å². The molecule has 0 bridgehead atoms. The molecule has 106 valence electrons. The van der Waals surface area contributed by atoms with E-state index >= 15 is 0 Å². The molecule has 1 aromatic carbocycles. The van der Waals surface area contributed by atoms with Crippen LogP contribution in [-0.2, 0) is 7.05 Å². The third kappa shape index (κ3) is 2.52. The lowest BCUT2D eigenvalue weighted by atomic mass is 9.66. The van der Waals surface area contributed by atoms with Crippen LogP contribution in [0.15, 0.2) is 35.1 Å². The van der Waals surface area contributed by atoms with E-state index in [2.05, 4.69) is 44.3 Å². The highest BCUT2D eigenvalue weighted by molar-refractivity contribution is 9.10. The van der Waals surface area contributed by atoms with Crippen molar-refractivity contribution in [2.45, 2.75) is 18.8 Å². The number of hydrogen-bond donors (Lipinski definition) is 1. The van der Waals surface area contributed by atoms with Crippen LogP contribution in [0.4, 0.5) is 0 Å². The second-order valence-corrected chi connectivity index (χ2v) is 6.53. The van der Waals surface area contributed by atoms with Crippen molar-refractivity contribution >= 4 is 15.9 Å². The predicted octanol–water partition coefficient (Wildman–Crippen LogP) is 2.73. The van der Waals surface area contributed by atoms with Crippen LogP contribution in [0.2, 0.25) is 0 Å². The number of aryl methyl sites for hydroxylation is 1. The van der Waals surface area contributed by atoms with Gasteiger partial charge < -0.3 is 9.67 Å². The zero-order valence-electron chi connectivity index (χ0n) is 11.4. The summed E-state index contributed by atoms with van der Waals surface area (Å²) in [5.74, 6) is 2.24. The number of aliphatic hydroxyl groups is 1. The SMILES string of the molecule is Cn1cnnc1C(c1cccc(Br)c1)C1CC(CO)C1. The first-order valence-corrected chi connectivity index (χ1v) is 7.68. The maximum Gasteiger partial charge on any atom is 0.140 e. The maximum absolute atomic E-state index is 9.24. The molecule has 5 heteroatoms. The first kappa shape index (κ1) is 13.8. The van der Waals surface area contributed by atoms with Gasteiger partial charge >= 0.3 is 0 Å². The van der Waals surface area contributed by atoms with Gasteiger partial charge in [-0.1, -0.05) is 28.1 Å². The lowest BCUT2D eigenvalue weighted by molar-refractivity contribution is 0.0956. The molecule has 1 aliphatic rings. The van der Waals surface area contributed by atoms with E-state index in [4.69, 9.17) is 0 Å². The predicted molar refractivity (Wildman–Crippen MR) is 80.3 cm³/mol. The molecule has 4 nitrogen and oxygen atoms in total. The van der Waals surface area contributed by atoms with Gasteiger partial charge in [-0.25, -0.2) is 0 Å². The Labute approximate surface area is 127 Å². The van der Waals surface area contributed by atoms with Gasteiger partial charge in [0.25, 0.3) is 0 Å². The summed E-state index contributed by atoms with van der Waals surface area (Å²) in [7, 11) is 1.99. The Balaban J connectivity index is 1.94. The second kappa shape index (κ2) is 5.66. The van der Waals surface area contributed by atoms with E-state index in [9.17, 15) is 5.11 Å². The molecular weight excluding hydrogens is 318 g/mol. The summed E-state index contributed by atoms with van der Waals surface area (Å²) in [6, 6.07) is 8.40. The normalized spacial score (nSPS) is 23.4. The molecule has 20 heavy (non-hydrogen) atoms. The summed E-state index contributed by atoms with van der Waals surface area (Å²) < 4.78 is 3.08. The van der Waals surface area contributed by atoms with E-state index in [1.54, 1.807) is 6.33 Å². The molecule has 0 saturated heterocycles. The quantitative estimate of drug-likeness (QED) is 0.934. The number of aliphatic hydroxyl groups excluding tert-OH is 1. The summed E-state index contributed by atoms with van der Waals surface area (Å²) in [5.41, 5.74) is 1.26. The molecule has 1 N–H and O–H groups in total. The van der Waals surface area contributed by atoms with Crippen molar-refractivity contribution < 1.29 is 5.11 Å². The minimum atomic E-state index is 0.253.